The quantitative estimate of drug-likeness (QED) is 0.541. The van der Waals surface area contributed by atoms with Crippen LogP contribution < -0.4 is 14.4 Å². The number of benzene rings is 2. The number of carbonyl (C=O) groups is 1. The smallest absolute Gasteiger partial charge is 0.317 e. The molecule has 28 heavy (non-hydrogen) atoms. The number of aryl methyl sites for hydroxylation is 1. The Morgan fingerprint density at radius 3 is 2.29 bits per heavy atom. The van der Waals surface area contributed by atoms with Crippen molar-refractivity contribution in [2.45, 2.75) is 17.9 Å². The molecule has 8 nitrogen and oxygen atoms in total. The van der Waals surface area contributed by atoms with E-state index in [1.54, 1.807) is 36.4 Å². The first-order chi connectivity index (χ1) is 13.2. The van der Waals surface area contributed by atoms with E-state index in [4.69, 9.17) is 9.84 Å². The van der Waals surface area contributed by atoms with E-state index in [1.165, 1.54) is 19.2 Å². The summed E-state index contributed by atoms with van der Waals surface area (Å²) in [5.41, 5.74) is 1.28. The first-order valence-electron chi connectivity index (χ1n) is 8.58. The SMILES string of the molecule is COc1ccc(N(C[C@@H](O)CNCC(=O)O)S(=O)(=O)c2ccc(C)cc2)cc1. The highest BCUT2D eigenvalue weighted by atomic mass is 32.2. The van der Waals surface area contributed by atoms with Gasteiger partial charge in [0.2, 0.25) is 0 Å². The zero-order valence-corrected chi connectivity index (χ0v) is 16.5. The molecule has 0 unspecified atom stereocenters. The lowest BCUT2D eigenvalue weighted by Gasteiger charge is -2.27. The lowest BCUT2D eigenvalue weighted by Crippen LogP contribution is -2.42. The molecule has 0 aliphatic rings. The van der Waals surface area contributed by atoms with Crippen LogP contribution in [0.15, 0.2) is 53.4 Å². The van der Waals surface area contributed by atoms with E-state index in [0.717, 1.165) is 9.87 Å². The van der Waals surface area contributed by atoms with Crippen molar-refractivity contribution in [3.8, 4) is 5.75 Å². The van der Waals surface area contributed by atoms with Crippen molar-refractivity contribution in [2.24, 2.45) is 0 Å². The van der Waals surface area contributed by atoms with Crippen molar-refractivity contribution in [1.29, 1.82) is 0 Å². The Bertz CT molecular complexity index is 882. The van der Waals surface area contributed by atoms with Crippen LogP contribution >= 0.6 is 0 Å². The molecule has 0 saturated heterocycles. The van der Waals surface area contributed by atoms with Crippen molar-refractivity contribution in [1.82, 2.24) is 5.32 Å². The number of carboxylic acid groups (broad SMARTS) is 1. The minimum Gasteiger partial charge on any atom is -0.497 e. The van der Waals surface area contributed by atoms with E-state index in [2.05, 4.69) is 5.32 Å². The molecule has 1 atom stereocenters. The first-order valence-corrected chi connectivity index (χ1v) is 10.0. The number of anilines is 1. The predicted octanol–water partition coefficient (Wildman–Crippen LogP) is 1.23. The number of nitrogens with one attached hydrogen (secondary N) is 1. The van der Waals surface area contributed by atoms with Gasteiger partial charge in [-0.1, -0.05) is 17.7 Å². The third-order valence-electron chi connectivity index (χ3n) is 4.00. The minimum absolute atomic E-state index is 0.0671. The van der Waals surface area contributed by atoms with Gasteiger partial charge in [0, 0.05) is 6.54 Å². The van der Waals surface area contributed by atoms with Crippen LogP contribution in [0.1, 0.15) is 5.56 Å². The third kappa shape index (κ3) is 5.69. The van der Waals surface area contributed by atoms with Crippen LogP contribution in [-0.2, 0) is 14.8 Å². The molecule has 0 aliphatic carbocycles. The molecule has 0 aliphatic heterocycles. The number of nitrogens with zero attached hydrogens (tertiary/aromatic N) is 1. The van der Waals surface area contributed by atoms with Crippen molar-refractivity contribution < 1.29 is 28.2 Å². The summed E-state index contributed by atoms with van der Waals surface area (Å²) in [5, 5.41) is 21.5. The molecule has 152 valence electrons. The molecule has 0 spiro atoms. The fourth-order valence-corrected chi connectivity index (χ4v) is 4.03. The van der Waals surface area contributed by atoms with Gasteiger partial charge in [-0.15, -0.1) is 0 Å². The minimum atomic E-state index is -3.94. The van der Waals surface area contributed by atoms with Crippen LogP contribution in [0, 0.1) is 6.92 Å². The van der Waals surface area contributed by atoms with Crippen LogP contribution in [0.3, 0.4) is 0 Å². The zero-order valence-electron chi connectivity index (χ0n) is 15.7. The van der Waals surface area contributed by atoms with Gasteiger partial charge in [-0.3, -0.25) is 9.10 Å². The number of sulfonamides is 1. The summed E-state index contributed by atoms with van der Waals surface area (Å²) in [7, 11) is -2.43. The zero-order chi connectivity index (χ0) is 20.7. The molecule has 0 heterocycles. The molecule has 0 aromatic heterocycles. The van der Waals surface area contributed by atoms with Crippen LogP contribution in [0.4, 0.5) is 5.69 Å². The molecule has 0 saturated carbocycles. The molecule has 2 aromatic rings. The summed E-state index contributed by atoms with van der Waals surface area (Å²) in [4.78, 5) is 10.7. The predicted molar refractivity (Wildman–Crippen MR) is 105 cm³/mol. The summed E-state index contributed by atoms with van der Waals surface area (Å²) in [6, 6.07) is 12.8. The van der Waals surface area contributed by atoms with Gasteiger partial charge in [0.05, 0.1) is 36.9 Å². The maximum Gasteiger partial charge on any atom is 0.317 e. The van der Waals surface area contributed by atoms with Gasteiger partial charge in [-0.25, -0.2) is 8.42 Å². The molecule has 2 aromatic carbocycles. The fraction of sp³-hybridized carbons (Fsp3) is 0.316. The summed E-state index contributed by atoms with van der Waals surface area (Å²) in [5.74, 6) is -0.494. The number of aliphatic hydroxyl groups excluding tert-OH is 1. The highest BCUT2D eigenvalue weighted by Crippen LogP contribution is 2.26. The Hall–Kier alpha value is -2.62. The molecule has 3 N–H and O–H groups in total. The highest BCUT2D eigenvalue weighted by molar-refractivity contribution is 7.92. The number of hydrogen-bond acceptors (Lipinski definition) is 6. The summed E-state index contributed by atoms with van der Waals surface area (Å²) < 4.78 is 32.6. The summed E-state index contributed by atoms with van der Waals surface area (Å²) >= 11 is 0. The lowest BCUT2D eigenvalue weighted by molar-refractivity contribution is -0.136. The van der Waals surface area contributed by atoms with Crippen LogP contribution in [0.5, 0.6) is 5.75 Å². The van der Waals surface area contributed by atoms with Gasteiger partial charge < -0.3 is 20.3 Å². The Morgan fingerprint density at radius 1 is 1.14 bits per heavy atom. The van der Waals surface area contributed by atoms with E-state index in [9.17, 15) is 18.3 Å². The number of rotatable bonds is 10. The first kappa shape index (κ1) is 21.7. The molecule has 0 fully saturated rings. The van der Waals surface area contributed by atoms with Crippen molar-refractivity contribution in [3.63, 3.8) is 0 Å². The molecule has 9 heteroatoms. The molecule has 0 amide bonds. The normalized spacial score (nSPS) is 12.4. The van der Waals surface area contributed by atoms with Crippen LogP contribution in [0.2, 0.25) is 0 Å². The Kier molecular flexibility index (Phi) is 7.38. The van der Waals surface area contributed by atoms with Crippen molar-refractivity contribution >= 4 is 21.7 Å². The van der Waals surface area contributed by atoms with E-state index >= 15 is 0 Å². The van der Waals surface area contributed by atoms with Crippen LogP contribution in [-0.4, -0.2) is 57.4 Å². The van der Waals surface area contributed by atoms with E-state index in [0.29, 0.717) is 11.4 Å². The monoisotopic (exact) mass is 408 g/mol. The maximum absolute atomic E-state index is 13.2. The third-order valence-corrected chi connectivity index (χ3v) is 5.81. The Labute approximate surface area is 164 Å². The van der Waals surface area contributed by atoms with E-state index < -0.39 is 22.1 Å². The van der Waals surface area contributed by atoms with Gasteiger partial charge in [0.1, 0.15) is 5.75 Å². The Balaban J connectivity index is 2.31. The molecular weight excluding hydrogens is 384 g/mol. The largest absolute Gasteiger partial charge is 0.497 e. The summed E-state index contributed by atoms with van der Waals surface area (Å²) in [6.45, 7) is 1.22. The number of carboxylic acids is 1. The van der Waals surface area contributed by atoms with Gasteiger partial charge >= 0.3 is 5.97 Å². The van der Waals surface area contributed by atoms with Gasteiger partial charge in [0.25, 0.3) is 10.0 Å². The van der Waals surface area contributed by atoms with Crippen molar-refractivity contribution in [2.75, 3.05) is 31.0 Å². The molecule has 0 bridgehead atoms. The summed E-state index contributed by atoms with van der Waals surface area (Å²) in [6.07, 6.45) is -1.11. The average molecular weight is 408 g/mol. The van der Waals surface area contributed by atoms with E-state index in [1.807, 2.05) is 6.92 Å². The van der Waals surface area contributed by atoms with Crippen molar-refractivity contribution in [3.05, 3.63) is 54.1 Å². The number of ether oxygens (including phenoxy) is 1. The van der Waals surface area contributed by atoms with E-state index in [-0.39, 0.29) is 24.5 Å². The van der Waals surface area contributed by atoms with Gasteiger partial charge in [-0.05, 0) is 43.3 Å². The maximum atomic E-state index is 13.2. The number of hydrogen-bond donors (Lipinski definition) is 3. The number of methoxy groups -OCH3 is 1. The fourth-order valence-electron chi connectivity index (χ4n) is 2.53. The molecule has 0 radical (unpaired) electrons. The number of aliphatic hydroxyl groups is 1. The number of aliphatic carboxylic acids is 1. The second-order valence-corrected chi connectivity index (χ2v) is 8.09. The Morgan fingerprint density at radius 2 is 1.75 bits per heavy atom. The lowest BCUT2D eigenvalue weighted by atomic mass is 10.2. The topological polar surface area (TPSA) is 116 Å². The van der Waals surface area contributed by atoms with Crippen LogP contribution in [0.25, 0.3) is 0 Å². The van der Waals surface area contributed by atoms with Gasteiger partial charge in [-0.2, -0.15) is 0 Å². The standard InChI is InChI=1S/C19H24N2O6S/c1-14-3-9-18(10-4-14)28(25,26)21(13-16(22)11-20-12-19(23)24)15-5-7-17(27-2)8-6-15/h3-10,16,20,22H,11-13H2,1-2H3,(H,23,24)/t16-/m0/s1. The molecular formula is C19H24N2O6S. The second-order valence-electron chi connectivity index (χ2n) is 6.23. The average Bonchev–Trinajstić information content (AvgIpc) is 2.66. The van der Waals surface area contributed by atoms with Gasteiger partial charge in [0.15, 0.2) is 0 Å². The molecule has 2 rings (SSSR count). The highest BCUT2D eigenvalue weighted by Gasteiger charge is 2.27. The second kappa shape index (κ2) is 9.54.